The summed E-state index contributed by atoms with van der Waals surface area (Å²) in [5.41, 5.74) is 3.22. The third-order valence-corrected chi connectivity index (χ3v) is 3.64. The molecular formula is C17H19ClN2O. The van der Waals surface area contributed by atoms with Gasteiger partial charge in [0.05, 0.1) is 10.7 Å². The Balaban J connectivity index is 2.29. The third-order valence-electron chi connectivity index (χ3n) is 3.34. The van der Waals surface area contributed by atoms with Crippen LogP contribution >= 0.6 is 11.6 Å². The molecule has 2 aromatic carbocycles. The molecule has 0 aliphatic carbocycles. The van der Waals surface area contributed by atoms with Crippen molar-refractivity contribution in [2.24, 2.45) is 0 Å². The first kappa shape index (κ1) is 15.4. The van der Waals surface area contributed by atoms with Gasteiger partial charge in [0.2, 0.25) is 0 Å². The number of hydrogen-bond acceptors (Lipinski definition) is 3. The van der Waals surface area contributed by atoms with E-state index in [1.807, 2.05) is 74.4 Å². The summed E-state index contributed by atoms with van der Waals surface area (Å²) in [4.78, 5) is 16.4. The van der Waals surface area contributed by atoms with E-state index in [4.69, 9.17) is 11.6 Å². The molecule has 0 fully saturated rings. The van der Waals surface area contributed by atoms with E-state index >= 15 is 0 Å². The second kappa shape index (κ2) is 6.19. The maximum Gasteiger partial charge on any atom is 0.193 e. The Morgan fingerprint density at radius 2 is 1.43 bits per heavy atom. The summed E-state index contributed by atoms with van der Waals surface area (Å²) in [6.07, 6.45) is 0. The smallest absolute Gasteiger partial charge is 0.193 e. The molecule has 0 unspecified atom stereocenters. The van der Waals surface area contributed by atoms with E-state index in [-0.39, 0.29) is 5.78 Å². The predicted octanol–water partition coefficient (Wildman–Crippen LogP) is 3.70. The van der Waals surface area contributed by atoms with Crippen molar-refractivity contribution >= 4 is 28.8 Å². The Kier molecular flexibility index (Phi) is 4.53. The fourth-order valence-corrected chi connectivity index (χ4v) is 2.44. The maximum atomic E-state index is 12.5. The first-order valence-electron chi connectivity index (χ1n) is 6.69. The van der Waals surface area contributed by atoms with Gasteiger partial charge in [-0.15, -0.1) is 0 Å². The monoisotopic (exact) mass is 302 g/mol. The number of carbonyl (C=O) groups is 1. The van der Waals surface area contributed by atoms with Crippen molar-refractivity contribution in [2.45, 2.75) is 0 Å². The quantitative estimate of drug-likeness (QED) is 0.805. The standard InChI is InChI=1S/C17H19ClN2O/c1-19(2)14-8-5-12(6-9-14)17(21)13-7-10-16(20(3)4)15(18)11-13/h5-11H,1-4H3. The minimum absolute atomic E-state index is 0.0208. The lowest BCUT2D eigenvalue weighted by molar-refractivity contribution is 0.103. The summed E-state index contributed by atoms with van der Waals surface area (Å²) >= 11 is 6.22. The highest BCUT2D eigenvalue weighted by molar-refractivity contribution is 6.33. The molecule has 0 heterocycles. The first-order chi connectivity index (χ1) is 9.90. The van der Waals surface area contributed by atoms with Crippen LogP contribution in [0.2, 0.25) is 5.02 Å². The number of ketones is 1. The molecule has 0 atom stereocenters. The van der Waals surface area contributed by atoms with E-state index in [1.165, 1.54) is 0 Å². The molecule has 21 heavy (non-hydrogen) atoms. The van der Waals surface area contributed by atoms with Crippen LogP contribution in [0.5, 0.6) is 0 Å². The second-order valence-electron chi connectivity index (χ2n) is 5.33. The summed E-state index contributed by atoms with van der Waals surface area (Å²) in [5, 5.41) is 0.579. The minimum atomic E-state index is -0.0208. The maximum absolute atomic E-state index is 12.5. The summed E-state index contributed by atoms with van der Waals surface area (Å²) < 4.78 is 0. The van der Waals surface area contributed by atoms with Gasteiger partial charge >= 0.3 is 0 Å². The molecule has 0 N–H and O–H groups in total. The number of rotatable bonds is 4. The Labute approximate surface area is 130 Å². The molecule has 0 saturated heterocycles. The normalized spacial score (nSPS) is 10.3. The molecule has 0 aliphatic heterocycles. The van der Waals surface area contributed by atoms with Crippen LogP contribution in [-0.2, 0) is 0 Å². The average Bonchev–Trinajstić information content (AvgIpc) is 2.46. The molecule has 0 amide bonds. The highest BCUT2D eigenvalue weighted by atomic mass is 35.5. The predicted molar refractivity (Wildman–Crippen MR) is 90.0 cm³/mol. The molecule has 0 aliphatic rings. The van der Waals surface area contributed by atoms with Crippen molar-refractivity contribution in [1.29, 1.82) is 0 Å². The number of nitrogens with zero attached hydrogens (tertiary/aromatic N) is 2. The number of anilines is 2. The number of carbonyl (C=O) groups excluding carboxylic acids is 1. The Hall–Kier alpha value is -2.00. The molecule has 0 aromatic heterocycles. The largest absolute Gasteiger partial charge is 0.378 e. The van der Waals surface area contributed by atoms with Gasteiger partial charge in [0.15, 0.2) is 5.78 Å². The Bertz CT molecular complexity index is 648. The lowest BCUT2D eigenvalue weighted by Crippen LogP contribution is -2.10. The number of hydrogen-bond donors (Lipinski definition) is 0. The van der Waals surface area contributed by atoms with E-state index < -0.39 is 0 Å². The van der Waals surface area contributed by atoms with E-state index in [2.05, 4.69) is 0 Å². The zero-order valence-electron chi connectivity index (χ0n) is 12.7. The minimum Gasteiger partial charge on any atom is -0.378 e. The van der Waals surface area contributed by atoms with E-state index in [0.29, 0.717) is 16.1 Å². The van der Waals surface area contributed by atoms with Crippen LogP contribution in [0.15, 0.2) is 42.5 Å². The van der Waals surface area contributed by atoms with Crippen LogP contribution in [0, 0.1) is 0 Å². The van der Waals surface area contributed by atoms with Crippen molar-refractivity contribution in [3.05, 3.63) is 58.6 Å². The lowest BCUT2D eigenvalue weighted by atomic mass is 10.0. The van der Waals surface area contributed by atoms with Gasteiger partial charge in [-0.3, -0.25) is 4.79 Å². The van der Waals surface area contributed by atoms with Crippen molar-refractivity contribution in [1.82, 2.24) is 0 Å². The molecule has 0 radical (unpaired) electrons. The van der Waals surface area contributed by atoms with Crippen LogP contribution < -0.4 is 9.80 Å². The fraction of sp³-hybridized carbons (Fsp3) is 0.235. The molecule has 0 saturated carbocycles. The fourth-order valence-electron chi connectivity index (χ4n) is 2.09. The summed E-state index contributed by atoms with van der Waals surface area (Å²) in [7, 11) is 7.78. The molecule has 2 aromatic rings. The second-order valence-corrected chi connectivity index (χ2v) is 5.74. The molecule has 4 heteroatoms. The van der Waals surface area contributed by atoms with Gasteiger partial charge < -0.3 is 9.80 Å². The number of halogens is 1. The highest BCUT2D eigenvalue weighted by Crippen LogP contribution is 2.26. The SMILES string of the molecule is CN(C)c1ccc(C(=O)c2ccc(N(C)C)c(Cl)c2)cc1. The number of benzene rings is 2. The lowest BCUT2D eigenvalue weighted by Gasteiger charge is -2.15. The third kappa shape index (κ3) is 3.37. The van der Waals surface area contributed by atoms with Gasteiger partial charge in [-0.1, -0.05) is 11.6 Å². The van der Waals surface area contributed by atoms with Gasteiger partial charge in [-0.05, 0) is 42.5 Å². The van der Waals surface area contributed by atoms with Gasteiger partial charge in [0.25, 0.3) is 0 Å². The Morgan fingerprint density at radius 1 is 0.857 bits per heavy atom. The zero-order chi connectivity index (χ0) is 15.6. The molecule has 2 rings (SSSR count). The molecule has 0 spiro atoms. The van der Waals surface area contributed by atoms with Crippen molar-refractivity contribution in [3.63, 3.8) is 0 Å². The molecule has 0 bridgehead atoms. The van der Waals surface area contributed by atoms with Gasteiger partial charge in [-0.25, -0.2) is 0 Å². The summed E-state index contributed by atoms with van der Waals surface area (Å²) in [6.45, 7) is 0. The van der Waals surface area contributed by atoms with Crippen molar-refractivity contribution < 1.29 is 4.79 Å². The van der Waals surface area contributed by atoms with Crippen molar-refractivity contribution in [2.75, 3.05) is 38.0 Å². The van der Waals surface area contributed by atoms with Gasteiger partial charge in [0, 0.05) is 45.0 Å². The van der Waals surface area contributed by atoms with Crippen LogP contribution in [-0.4, -0.2) is 34.0 Å². The van der Waals surface area contributed by atoms with Crippen LogP contribution in [0.1, 0.15) is 15.9 Å². The van der Waals surface area contributed by atoms with E-state index in [0.717, 1.165) is 11.4 Å². The van der Waals surface area contributed by atoms with Gasteiger partial charge in [-0.2, -0.15) is 0 Å². The molecule has 3 nitrogen and oxygen atoms in total. The Morgan fingerprint density at radius 3 is 1.90 bits per heavy atom. The van der Waals surface area contributed by atoms with E-state index in [9.17, 15) is 4.79 Å². The van der Waals surface area contributed by atoms with Gasteiger partial charge in [0.1, 0.15) is 0 Å². The van der Waals surface area contributed by atoms with Crippen LogP contribution in [0.3, 0.4) is 0 Å². The zero-order valence-corrected chi connectivity index (χ0v) is 13.5. The first-order valence-corrected chi connectivity index (χ1v) is 7.07. The van der Waals surface area contributed by atoms with E-state index in [1.54, 1.807) is 6.07 Å². The van der Waals surface area contributed by atoms with Crippen LogP contribution in [0.4, 0.5) is 11.4 Å². The van der Waals surface area contributed by atoms with Crippen molar-refractivity contribution in [3.8, 4) is 0 Å². The molecule has 110 valence electrons. The summed E-state index contributed by atoms with van der Waals surface area (Å²) in [5.74, 6) is -0.0208. The highest BCUT2D eigenvalue weighted by Gasteiger charge is 2.12. The summed E-state index contributed by atoms with van der Waals surface area (Å²) in [6, 6.07) is 12.9. The van der Waals surface area contributed by atoms with Crippen LogP contribution in [0.25, 0.3) is 0 Å². The topological polar surface area (TPSA) is 23.6 Å². The average molecular weight is 303 g/mol. The molecular weight excluding hydrogens is 284 g/mol.